The van der Waals surface area contributed by atoms with Gasteiger partial charge in [-0.15, -0.1) is 6.58 Å². The van der Waals surface area contributed by atoms with Gasteiger partial charge in [-0.3, -0.25) is 9.59 Å². The molecule has 20 heavy (non-hydrogen) atoms. The molecule has 0 bridgehead atoms. The number of aromatic nitrogens is 1. The van der Waals surface area contributed by atoms with E-state index in [0.717, 1.165) is 0 Å². The molecular formula is C15H17NO4. The number of ether oxygens (including phenoxy) is 2. The third-order valence-electron chi connectivity index (χ3n) is 3.67. The second kappa shape index (κ2) is 5.45. The van der Waals surface area contributed by atoms with Crippen molar-refractivity contribution in [1.29, 1.82) is 0 Å². The number of fused-ring (bicyclic) bond motifs is 1. The molecule has 0 aliphatic heterocycles. The Balaban J connectivity index is 2.65. The molecule has 1 atom stereocenters. The Morgan fingerprint density at radius 3 is 2.80 bits per heavy atom. The van der Waals surface area contributed by atoms with Gasteiger partial charge >= 0.3 is 5.97 Å². The molecule has 0 saturated heterocycles. The molecule has 1 heterocycles. The first-order chi connectivity index (χ1) is 9.59. The van der Waals surface area contributed by atoms with Crippen molar-refractivity contribution in [3.05, 3.63) is 36.0 Å². The highest BCUT2D eigenvalue weighted by atomic mass is 16.5. The van der Waals surface area contributed by atoms with Crippen LogP contribution in [0.25, 0.3) is 0 Å². The molecule has 1 unspecified atom stereocenters. The summed E-state index contributed by atoms with van der Waals surface area (Å²) in [5.41, 5.74) is -0.0129. The summed E-state index contributed by atoms with van der Waals surface area (Å²) in [6.45, 7) is 3.65. The molecule has 0 saturated carbocycles. The van der Waals surface area contributed by atoms with E-state index in [-0.39, 0.29) is 18.6 Å². The van der Waals surface area contributed by atoms with E-state index < -0.39 is 11.4 Å². The standard InChI is InChI=1S/C15H17NO4/c1-4-9-15(14(18)20-3)10-5-8-13(19-2)16-11(10)6-7-12(15)17/h4-5,8H,1,6-7,9H2,2-3H3. The molecule has 0 radical (unpaired) electrons. The highest BCUT2D eigenvalue weighted by Gasteiger charge is 2.50. The predicted molar refractivity (Wildman–Crippen MR) is 72.6 cm³/mol. The number of aryl methyl sites for hydroxylation is 1. The minimum absolute atomic E-state index is 0.149. The van der Waals surface area contributed by atoms with Crippen LogP contribution in [0.15, 0.2) is 24.8 Å². The van der Waals surface area contributed by atoms with Crippen molar-refractivity contribution in [1.82, 2.24) is 4.98 Å². The summed E-state index contributed by atoms with van der Waals surface area (Å²) in [7, 11) is 2.81. The summed E-state index contributed by atoms with van der Waals surface area (Å²) < 4.78 is 9.95. The number of hydrogen-bond acceptors (Lipinski definition) is 5. The fourth-order valence-electron chi connectivity index (χ4n) is 2.69. The fraction of sp³-hybridized carbons (Fsp3) is 0.400. The zero-order chi connectivity index (χ0) is 14.8. The number of pyridine rings is 1. The quantitative estimate of drug-likeness (QED) is 0.474. The number of hydrogen-bond donors (Lipinski definition) is 0. The zero-order valence-corrected chi connectivity index (χ0v) is 11.6. The van der Waals surface area contributed by atoms with Gasteiger partial charge < -0.3 is 9.47 Å². The molecule has 106 valence electrons. The summed E-state index contributed by atoms with van der Waals surface area (Å²) in [4.78, 5) is 29.0. The van der Waals surface area contributed by atoms with Crippen molar-refractivity contribution in [3.63, 3.8) is 0 Å². The van der Waals surface area contributed by atoms with Crippen LogP contribution in [0.2, 0.25) is 0 Å². The Morgan fingerprint density at radius 2 is 2.20 bits per heavy atom. The van der Waals surface area contributed by atoms with Gasteiger partial charge in [0.25, 0.3) is 0 Å². The third-order valence-corrected chi connectivity index (χ3v) is 3.67. The lowest BCUT2D eigenvalue weighted by molar-refractivity contribution is -0.152. The molecule has 5 nitrogen and oxygen atoms in total. The minimum Gasteiger partial charge on any atom is -0.481 e. The van der Waals surface area contributed by atoms with Crippen LogP contribution in [-0.2, 0) is 26.2 Å². The van der Waals surface area contributed by atoms with E-state index in [4.69, 9.17) is 9.47 Å². The lowest BCUT2D eigenvalue weighted by Crippen LogP contribution is -2.47. The maximum Gasteiger partial charge on any atom is 0.324 e. The minimum atomic E-state index is -1.32. The van der Waals surface area contributed by atoms with Crippen molar-refractivity contribution in [2.24, 2.45) is 0 Å². The second-order valence-electron chi connectivity index (χ2n) is 4.66. The van der Waals surface area contributed by atoms with Crippen LogP contribution >= 0.6 is 0 Å². The number of esters is 1. The Bertz CT molecular complexity index is 567. The average molecular weight is 275 g/mol. The third kappa shape index (κ3) is 1.99. The van der Waals surface area contributed by atoms with E-state index in [0.29, 0.717) is 23.6 Å². The number of ketones is 1. The van der Waals surface area contributed by atoms with Crippen molar-refractivity contribution in [2.45, 2.75) is 24.7 Å². The van der Waals surface area contributed by atoms with E-state index in [9.17, 15) is 9.59 Å². The van der Waals surface area contributed by atoms with Crippen molar-refractivity contribution >= 4 is 11.8 Å². The first-order valence-corrected chi connectivity index (χ1v) is 6.37. The van der Waals surface area contributed by atoms with Crippen LogP contribution in [0, 0.1) is 0 Å². The molecule has 0 spiro atoms. The first kappa shape index (κ1) is 14.2. The van der Waals surface area contributed by atoms with E-state index >= 15 is 0 Å². The maximum atomic E-state index is 12.4. The highest BCUT2D eigenvalue weighted by Crippen LogP contribution is 2.39. The molecule has 0 amide bonds. The largest absolute Gasteiger partial charge is 0.481 e. The molecule has 2 rings (SSSR count). The molecular weight excluding hydrogens is 258 g/mol. The Labute approximate surface area is 117 Å². The van der Waals surface area contributed by atoms with Gasteiger partial charge in [-0.05, 0) is 18.4 Å². The van der Waals surface area contributed by atoms with E-state index in [1.54, 1.807) is 18.2 Å². The van der Waals surface area contributed by atoms with E-state index in [1.807, 2.05) is 0 Å². The van der Waals surface area contributed by atoms with Gasteiger partial charge in [0.2, 0.25) is 5.88 Å². The second-order valence-corrected chi connectivity index (χ2v) is 4.66. The Morgan fingerprint density at radius 1 is 1.45 bits per heavy atom. The molecule has 1 aliphatic carbocycles. The van der Waals surface area contributed by atoms with Gasteiger partial charge in [0.05, 0.1) is 14.2 Å². The summed E-state index contributed by atoms with van der Waals surface area (Å²) in [6.07, 6.45) is 2.53. The molecule has 0 aromatic carbocycles. The lowest BCUT2D eigenvalue weighted by Gasteiger charge is -2.33. The fourth-order valence-corrected chi connectivity index (χ4v) is 2.69. The Hall–Kier alpha value is -2.17. The average Bonchev–Trinajstić information content (AvgIpc) is 2.48. The van der Waals surface area contributed by atoms with Crippen molar-refractivity contribution in [3.8, 4) is 5.88 Å². The summed E-state index contributed by atoms with van der Waals surface area (Å²) >= 11 is 0. The van der Waals surface area contributed by atoms with E-state index in [1.165, 1.54) is 14.2 Å². The van der Waals surface area contributed by atoms with Crippen molar-refractivity contribution in [2.75, 3.05) is 14.2 Å². The zero-order valence-electron chi connectivity index (χ0n) is 11.6. The summed E-state index contributed by atoms with van der Waals surface area (Å²) in [6, 6.07) is 3.37. The van der Waals surface area contributed by atoms with Gasteiger partial charge in [-0.2, -0.15) is 0 Å². The van der Waals surface area contributed by atoms with Crippen LogP contribution in [0.5, 0.6) is 5.88 Å². The number of carbonyl (C=O) groups is 2. The molecule has 0 N–H and O–H groups in total. The van der Waals surface area contributed by atoms with E-state index in [2.05, 4.69) is 11.6 Å². The molecule has 1 aromatic rings. The Kier molecular flexibility index (Phi) is 3.88. The van der Waals surface area contributed by atoms with Gasteiger partial charge in [0.15, 0.2) is 11.2 Å². The molecule has 1 aromatic heterocycles. The normalized spacial score (nSPS) is 21.0. The van der Waals surface area contributed by atoms with Crippen LogP contribution in [0.3, 0.4) is 0 Å². The molecule has 5 heteroatoms. The van der Waals surface area contributed by atoms with Crippen LogP contribution in [-0.4, -0.2) is 31.0 Å². The molecule has 1 aliphatic rings. The SMILES string of the molecule is C=CCC1(C(=O)OC)C(=O)CCc2nc(OC)ccc21. The van der Waals surface area contributed by atoms with Crippen LogP contribution in [0.4, 0.5) is 0 Å². The number of rotatable bonds is 4. The number of Topliss-reactive ketones (excluding diaryl/α,β-unsaturated/α-hetero) is 1. The van der Waals surface area contributed by atoms with Gasteiger partial charge in [0, 0.05) is 18.2 Å². The van der Waals surface area contributed by atoms with Crippen LogP contribution in [0.1, 0.15) is 24.1 Å². The van der Waals surface area contributed by atoms with Gasteiger partial charge in [-0.25, -0.2) is 4.98 Å². The first-order valence-electron chi connectivity index (χ1n) is 6.37. The topological polar surface area (TPSA) is 65.5 Å². The van der Waals surface area contributed by atoms with Crippen molar-refractivity contribution < 1.29 is 19.1 Å². The number of methoxy groups -OCH3 is 2. The smallest absolute Gasteiger partial charge is 0.324 e. The lowest BCUT2D eigenvalue weighted by atomic mass is 9.68. The predicted octanol–water partition coefficient (Wildman–Crippen LogP) is 1.59. The summed E-state index contributed by atoms with van der Waals surface area (Å²) in [5, 5.41) is 0. The maximum absolute atomic E-state index is 12.4. The van der Waals surface area contributed by atoms with Gasteiger partial charge in [0.1, 0.15) is 0 Å². The molecule has 0 fully saturated rings. The number of nitrogens with zero attached hydrogens (tertiary/aromatic N) is 1. The van der Waals surface area contributed by atoms with Gasteiger partial charge in [-0.1, -0.05) is 12.1 Å². The monoisotopic (exact) mass is 275 g/mol. The number of carbonyl (C=O) groups excluding carboxylic acids is 2. The highest BCUT2D eigenvalue weighted by molar-refractivity contribution is 6.11. The number of allylic oxidation sites excluding steroid dienone is 1. The summed E-state index contributed by atoms with van der Waals surface area (Å²) in [5.74, 6) is -0.241. The van der Waals surface area contributed by atoms with Crippen LogP contribution < -0.4 is 4.74 Å².